The highest BCUT2D eigenvalue weighted by atomic mass is 35.5. The molecule has 2 heterocycles. The highest BCUT2D eigenvalue weighted by molar-refractivity contribution is 6.30. The van der Waals surface area contributed by atoms with Crippen LogP contribution in [0, 0.1) is 11.8 Å². The van der Waals surface area contributed by atoms with Crippen LogP contribution >= 0.6 is 11.6 Å². The minimum Gasteiger partial charge on any atom is -0.491 e. The fourth-order valence-corrected chi connectivity index (χ4v) is 7.46. The van der Waals surface area contributed by atoms with E-state index in [0.29, 0.717) is 24.6 Å². The summed E-state index contributed by atoms with van der Waals surface area (Å²) in [6.07, 6.45) is 8.92. The van der Waals surface area contributed by atoms with Crippen molar-refractivity contribution in [2.24, 2.45) is 11.8 Å². The second-order valence-electron chi connectivity index (χ2n) is 12.9. The number of likely N-dealkylation sites (tertiary alicyclic amines) is 1. The summed E-state index contributed by atoms with van der Waals surface area (Å²) in [5.41, 5.74) is 4.16. The summed E-state index contributed by atoms with van der Waals surface area (Å²) in [5, 5.41) is 22.6. The van der Waals surface area contributed by atoms with Crippen LogP contribution in [0.5, 0.6) is 5.75 Å². The van der Waals surface area contributed by atoms with Gasteiger partial charge in [-0.3, -0.25) is 9.59 Å². The van der Waals surface area contributed by atoms with E-state index >= 15 is 0 Å². The average molecular weight is 667 g/mol. The zero-order valence-corrected chi connectivity index (χ0v) is 28.6. The van der Waals surface area contributed by atoms with E-state index in [9.17, 15) is 15.0 Å². The van der Waals surface area contributed by atoms with Gasteiger partial charge in [-0.05, 0) is 91.3 Å². The lowest BCUT2D eigenvalue weighted by Crippen LogP contribution is -2.43. The number of hydrogen-bond donors (Lipinski definition) is 2. The standard InChI is InChI=1S/C36H47ClN2O4.C2H4O2/c1-4-8-24-18-28(37)13-15-30(24)27-22-38(21-26-11-14-31(26)33(40)6-3)32-19-25(12-16-35(32)43-23-27)34(41)20-36(42)39-17-7-10-29(39)9-5-2;1-4-2-3/h5-6,12-13,15-16,18-19,26-27,29,31,33-34,40-41H,2-4,7-11,14,17,20-23H2,1H3;2H,1H3. The van der Waals surface area contributed by atoms with Gasteiger partial charge >= 0.3 is 0 Å². The van der Waals surface area contributed by atoms with Crippen LogP contribution in [-0.2, 0) is 20.7 Å². The van der Waals surface area contributed by atoms with Gasteiger partial charge in [-0.2, -0.15) is 0 Å². The maximum atomic E-state index is 13.2. The summed E-state index contributed by atoms with van der Waals surface area (Å²) >= 11 is 6.40. The Hall–Kier alpha value is -3.33. The SMILES string of the molecule is C=CCC1CCCN1C(=O)CC(O)c1ccc2c(c1)N(CC1CCC1C(O)C=C)CC(c1ccc(Cl)cc1CCC)CO2.COC=O. The fourth-order valence-electron chi connectivity index (χ4n) is 7.27. The van der Waals surface area contributed by atoms with E-state index in [1.165, 1.54) is 18.2 Å². The number of aliphatic hydroxyl groups excluding tert-OH is 2. The first-order valence-corrected chi connectivity index (χ1v) is 17.3. The zero-order chi connectivity index (χ0) is 33.9. The van der Waals surface area contributed by atoms with Gasteiger partial charge in [0.15, 0.2) is 0 Å². The molecule has 3 aliphatic rings. The molecule has 5 rings (SSSR count). The van der Waals surface area contributed by atoms with Gasteiger partial charge < -0.3 is 29.5 Å². The molecule has 0 spiro atoms. The molecule has 9 heteroatoms. The third-order valence-electron chi connectivity index (χ3n) is 9.87. The lowest BCUT2D eigenvalue weighted by Gasteiger charge is -2.42. The first-order valence-electron chi connectivity index (χ1n) is 16.9. The van der Waals surface area contributed by atoms with Gasteiger partial charge in [-0.25, -0.2) is 0 Å². The normalized spacial score (nSPS) is 23.1. The molecule has 2 aromatic carbocycles. The third-order valence-corrected chi connectivity index (χ3v) is 10.1. The van der Waals surface area contributed by atoms with Crippen molar-refractivity contribution in [3.8, 4) is 5.75 Å². The smallest absolute Gasteiger partial charge is 0.292 e. The number of hydrogen-bond acceptors (Lipinski definition) is 7. The van der Waals surface area contributed by atoms with E-state index in [0.717, 1.165) is 81.0 Å². The molecule has 8 nitrogen and oxygen atoms in total. The monoisotopic (exact) mass is 666 g/mol. The minimum atomic E-state index is -0.907. The molecule has 47 heavy (non-hydrogen) atoms. The Kier molecular flexibility index (Phi) is 13.8. The summed E-state index contributed by atoms with van der Waals surface area (Å²) in [6.45, 7) is 13.0. The van der Waals surface area contributed by atoms with Crippen LogP contribution in [0.25, 0.3) is 0 Å². The Morgan fingerprint density at radius 3 is 2.62 bits per heavy atom. The number of amides is 1. The van der Waals surface area contributed by atoms with Crippen molar-refractivity contribution in [1.29, 1.82) is 0 Å². The first-order chi connectivity index (χ1) is 22.7. The molecule has 2 N–H and O–H groups in total. The number of fused-ring (bicyclic) bond motifs is 1. The molecule has 6 atom stereocenters. The van der Waals surface area contributed by atoms with Crippen molar-refractivity contribution in [2.45, 2.75) is 82.5 Å². The van der Waals surface area contributed by atoms with E-state index in [2.05, 4.69) is 41.9 Å². The maximum absolute atomic E-state index is 13.2. The van der Waals surface area contributed by atoms with Crippen LogP contribution in [0.3, 0.4) is 0 Å². The van der Waals surface area contributed by atoms with Crippen molar-refractivity contribution in [3.05, 3.63) is 83.4 Å². The molecule has 2 aromatic rings. The van der Waals surface area contributed by atoms with Gasteiger partial charge in [0.1, 0.15) is 5.75 Å². The summed E-state index contributed by atoms with van der Waals surface area (Å²) < 4.78 is 10.3. The molecule has 1 saturated carbocycles. The number of anilines is 1. The Morgan fingerprint density at radius 2 is 1.96 bits per heavy atom. The van der Waals surface area contributed by atoms with Crippen LogP contribution < -0.4 is 9.64 Å². The predicted molar refractivity (Wildman–Crippen MR) is 187 cm³/mol. The van der Waals surface area contributed by atoms with Gasteiger partial charge in [0, 0.05) is 36.6 Å². The fraction of sp³-hybridized carbons (Fsp3) is 0.526. The molecule has 2 aliphatic heterocycles. The Morgan fingerprint density at radius 1 is 1.17 bits per heavy atom. The van der Waals surface area contributed by atoms with E-state index in [4.69, 9.17) is 21.1 Å². The number of nitrogens with zero attached hydrogens (tertiary/aromatic N) is 2. The quantitative estimate of drug-likeness (QED) is 0.183. The van der Waals surface area contributed by atoms with Crippen LogP contribution in [0.1, 0.15) is 80.6 Å². The van der Waals surface area contributed by atoms with Gasteiger partial charge in [0.2, 0.25) is 5.91 Å². The Bertz CT molecular complexity index is 1370. The Balaban J connectivity index is 0.00000118. The second kappa shape index (κ2) is 17.7. The number of carbonyl (C=O) groups is 2. The lowest BCUT2D eigenvalue weighted by atomic mass is 9.70. The van der Waals surface area contributed by atoms with Crippen molar-refractivity contribution < 1.29 is 29.3 Å². The molecule has 1 aliphatic carbocycles. The largest absolute Gasteiger partial charge is 0.491 e. The minimum absolute atomic E-state index is 0.0122. The molecule has 0 aromatic heterocycles. The van der Waals surface area contributed by atoms with Gasteiger partial charge in [-0.15, -0.1) is 13.2 Å². The van der Waals surface area contributed by atoms with Crippen LogP contribution in [-0.4, -0.2) is 73.0 Å². The number of halogens is 1. The van der Waals surface area contributed by atoms with Crippen LogP contribution in [0.4, 0.5) is 5.69 Å². The molecule has 0 radical (unpaired) electrons. The number of methoxy groups -OCH3 is 1. The summed E-state index contributed by atoms with van der Waals surface area (Å²) in [5.74, 6) is 1.40. The zero-order valence-electron chi connectivity index (χ0n) is 27.9. The van der Waals surface area contributed by atoms with Gasteiger partial charge in [0.05, 0.1) is 38.0 Å². The summed E-state index contributed by atoms with van der Waals surface area (Å²) in [7, 11) is 1.31. The van der Waals surface area contributed by atoms with Crippen LogP contribution in [0.2, 0.25) is 5.02 Å². The Labute approximate surface area is 285 Å². The van der Waals surface area contributed by atoms with E-state index < -0.39 is 12.2 Å². The first kappa shape index (κ1) is 36.5. The summed E-state index contributed by atoms with van der Waals surface area (Å²) in [4.78, 5) is 26.4. The maximum Gasteiger partial charge on any atom is 0.292 e. The molecule has 2 fully saturated rings. The van der Waals surface area contributed by atoms with Crippen molar-refractivity contribution in [2.75, 3.05) is 38.3 Å². The van der Waals surface area contributed by atoms with E-state index in [-0.39, 0.29) is 30.2 Å². The second-order valence-corrected chi connectivity index (χ2v) is 13.4. The molecule has 1 amide bonds. The predicted octanol–water partition coefficient (Wildman–Crippen LogP) is 6.63. The molecular formula is C38H51ClN2O6. The van der Waals surface area contributed by atoms with E-state index in [1.54, 1.807) is 6.08 Å². The lowest BCUT2D eigenvalue weighted by molar-refractivity contribution is -0.134. The molecule has 6 unspecified atom stereocenters. The van der Waals surface area contributed by atoms with Crippen LogP contribution in [0.15, 0.2) is 61.7 Å². The highest BCUT2D eigenvalue weighted by Crippen LogP contribution is 2.43. The van der Waals surface area contributed by atoms with Crippen molar-refractivity contribution in [3.63, 3.8) is 0 Å². The third kappa shape index (κ3) is 9.18. The van der Waals surface area contributed by atoms with Gasteiger partial charge in [-0.1, -0.05) is 49.2 Å². The highest BCUT2D eigenvalue weighted by Gasteiger charge is 2.38. The van der Waals surface area contributed by atoms with Crippen molar-refractivity contribution in [1.82, 2.24) is 4.90 Å². The molecule has 0 bridgehead atoms. The molecule has 1 saturated heterocycles. The number of aliphatic hydroxyl groups is 2. The number of ether oxygens (including phenoxy) is 2. The number of aryl methyl sites for hydroxylation is 1. The molecule has 256 valence electrons. The number of rotatable bonds is 13. The van der Waals surface area contributed by atoms with E-state index in [1.807, 2.05) is 35.2 Å². The summed E-state index contributed by atoms with van der Waals surface area (Å²) in [6, 6.07) is 12.2. The number of benzene rings is 2. The van der Waals surface area contributed by atoms with Crippen molar-refractivity contribution >= 4 is 29.7 Å². The molecular weight excluding hydrogens is 616 g/mol. The topological polar surface area (TPSA) is 99.5 Å². The average Bonchev–Trinajstić information content (AvgIpc) is 3.45. The number of carbonyl (C=O) groups excluding carboxylic acids is 2. The van der Waals surface area contributed by atoms with Gasteiger partial charge in [0.25, 0.3) is 6.47 Å².